The molecule has 6 heteroatoms. The summed E-state index contributed by atoms with van der Waals surface area (Å²) in [6.45, 7) is 1.35. The quantitative estimate of drug-likeness (QED) is 0.537. The first-order valence-corrected chi connectivity index (χ1v) is 9.81. The lowest BCUT2D eigenvalue weighted by atomic mass is 10.00. The summed E-state index contributed by atoms with van der Waals surface area (Å²) in [7, 11) is 0. The number of primary amides is 1. The van der Waals surface area contributed by atoms with Crippen LogP contribution in [-0.2, 0) is 27.2 Å². The standard InChI is InChI=1S/C24H25N3O3/c1-16(28)26-22(14-17-7-3-2-4-8-17)24(30)27-21(23(25)29)15-18-11-12-19-9-5-6-10-20(19)13-18/h2-13,21-22H,14-15H2,1H3,(H2,25,29)(H,26,28)(H,27,30)/t21-,22-/m0/s1. The fourth-order valence-corrected chi connectivity index (χ4v) is 3.40. The fraction of sp³-hybridized carbons (Fsp3) is 0.208. The van der Waals surface area contributed by atoms with Gasteiger partial charge in [0.15, 0.2) is 0 Å². The molecule has 0 saturated carbocycles. The second kappa shape index (κ2) is 9.69. The van der Waals surface area contributed by atoms with Crippen LogP contribution in [0.2, 0.25) is 0 Å². The topological polar surface area (TPSA) is 101 Å². The molecule has 0 heterocycles. The largest absolute Gasteiger partial charge is 0.368 e. The number of hydrogen-bond acceptors (Lipinski definition) is 3. The Bertz CT molecular complexity index is 1050. The Morgan fingerprint density at radius 2 is 1.40 bits per heavy atom. The highest BCUT2D eigenvalue weighted by molar-refractivity contribution is 5.91. The molecule has 4 N–H and O–H groups in total. The average molecular weight is 403 g/mol. The summed E-state index contributed by atoms with van der Waals surface area (Å²) in [4.78, 5) is 36.5. The van der Waals surface area contributed by atoms with Gasteiger partial charge < -0.3 is 16.4 Å². The zero-order chi connectivity index (χ0) is 21.5. The third kappa shape index (κ3) is 5.67. The van der Waals surface area contributed by atoms with E-state index in [-0.39, 0.29) is 12.3 Å². The van der Waals surface area contributed by atoms with E-state index in [2.05, 4.69) is 10.6 Å². The van der Waals surface area contributed by atoms with Gasteiger partial charge in [0.25, 0.3) is 0 Å². The van der Waals surface area contributed by atoms with Crippen LogP contribution < -0.4 is 16.4 Å². The molecule has 154 valence electrons. The molecule has 0 spiro atoms. The van der Waals surface area contributed by atoms with Crippen LogP contribution in [0.15, 0.2) is 72.8 Å². The maximum absolute atomic E-state index is 12.9. The van der Waals surface area contributed by atoms with Gasteiger partial charge in [-0.3, -0.25) is 14.4 Å². The molecule has 0 bridgehead atoms. The third-order valence-corrected chi connectivity index (χ3v) is 4.89. The third-order valence-electron chi connectivity index (χ3n) is 4.89. The Balaban J connectivity index is 1.74. The molecule has 0 aliphatic heterocycles. The van der Waals surface area contributed by atoms with Gasteiger partial charge in [0.2, 0.25) is 17.7 Å². The van der Waals surface area contributed by atoms with Crippen molar-refractivity contribution in [2.75, 3.05) is 0 Å². The lowest BCUT2D eigenvalue weighted by Crippen LogP contribution is -2.54. The molecule has 3 rings (SSSR count). The molecule has 3 amide bonds. The van der Waals surface area contributed by atoms with E-state index in [1.54, 1.807) is 0 Å². The molecule has 3 aromatic rings. The molecule has 30 heavy (non-hydrogen) atoms. The number of rotatable bonds is 8. The first-order chi connectivity index (χ1) is 14.4. The summed E-state index contributed by atoms with van der Waals surface area (Å²) in [5.41, 5.74) is 7.34. The molecule has 2 atom stereocenters. The number of carbonyl (C=O) groups is 3. The summed E-state index contributed by atoms with van der Waals surface area (Å²) in [6.07, 6.45) is 0.581. The van der Waals surface area contributed by atoms with Crippen molar-refractivity contribution in [2.45, 2.75) is 31.8 Å². The minimum Gasteiger partial charge on any atom is -0.368 e. The van der Waals surface area contributed by atoms with E-state index in [0.29, 0.717) is 6.42 Å². The Hall–Kier alpha value is -3.67. The maximum Gasteiger partial charge on any atom is 0.243 e. The number of fused-ring (bicyclic) bond motifs is 1. The average Bonchev–Trinajstić information content (AvgIpc) is 2.73. The van der Waals surface area contributed by atoms with Gasteiger partial charge in [0.1, 0.15) is 12.1 Å². The highest BCUT2D eigenvalue weighted by atomic mass is 16.2. The van der Waals surface area contributed by atoms with Crippen LogP contribution in [0, 0.1) is 0 Å². The van der Waals surface area contributed by atoms with Crippen molar-refractivity contribution in [1.82, 2.24) is 10.6 Å². The van der Waals surface area contributed by atoms with Gasteiger partial charge in [-0.1, -0.05) is 72.8 Å². The van der Waals surface area contributed by atoms with Crippen molar-refractivity contribution in [1.29, 1.82) is 0 Å². The summed E-state index contributed by atoms with van der Waals surface area (Å²) >= 11 is 0. The number of nitrogens with one attached hydrogen (secondary N) is 2. The molecular weight excluding hydrogens is 378 g/mol. The Morgan fingerprint density at radius 1 is 0.767 bits per heavy atom. The van der Waals surface area contributed by atoms with E-state index in [9.17, 15) is 14.4 Å². The zero-order valence-electron chi connectivity index (χ0n) is 16.8. The fourth-order valence-electron chi connectivity index (χ4n) is 3.40. The Labute approximate surface area is 175 Å². The highest BCUT2D eigenvalue weighted by Crippen LogP contribution is 2.17. The van der Waals surface area contributed by atoms with Crippen molar-refractivity contribution in [3.05, 3.63) is 83.9 Å². The van der Waals surface area contributed by atoms with E-state index in [0.717, 1.165) is 21.9 Å². The van der Waals surface area contributed by atoms with Crippen molar-refractivity contribution < 1.29 is 14.4 Å². The second-order valence-electron chi connectivity index (χ2n) is 7.29. The highest BCUT2D eigenvalue weighted by Gasteiger charge is 2.25. The molecule has 0 aliphatic rings. The van der Waals surface area contributed by atoms with Gasteiger partial charge >= 0.3 is 0 Å². The Kier molecular flexibility index (Phi) is 6.80. The van der Waals surface area contributed by atoms with Gasteiger partial charge in [0, 0.05) is 19.8 Å². The number of hydrogen-bond donors (Lipinski definition) is 3. The summed E-state index contributed by atoms with van der Waals surface area (Å²) in [5, 5.41) is 7.51. The van der Waals surface area contributed by atoms with E-state index in [1.165, 1.54) is 6.92 Å². The molecule has 0 saturated heterocycles. The van der Waals surface area contributed by atoms with Crippen LogP contribution in [0.3, 0.4) is 0 Å². The van der Waals surface area contributed by atoms with Crippen LogP contribution in [0.1, 0.15) is 18.1 Å². The summed E-state index contributed by atoms with van der Waals surface area (Å²) < 4.78 is 0. The molecule has 0 aliphatic carbocycles. The van der Waals surface area contributed by atoms with Crippen LogP contribution >= 0.6 is 0 Å². The molecule has 0 unspecified atom stereocenters. The van der Waals surface area contributed by atoms with Crippen molar-refractivity contribution in [3.8, 4) is 0 Å². The minimum atomic E-state index is -0.884. The van der Waals surface area contributed by atoms with Gasteiger partial charge in [-0.15, -0.1) is 0 Å². The van der Waals surface area contributed by atoms with Crippen LogP contribution in [0.25, 0.3) is 10.8 Å². The summed E-state index contributed by atoms with van der Waals surface area (Å²) in [5.74, 6) is -1.40. The summed E-state index contributed by atoms with van der Waals surface area (Å²) in [6, 6.07) is 21.5. The minimum absolute atomic E-state index is 0.268. The van der Waals surface area contributed by atoms with Gasteiger partial charge in [-0.2, -0.15) is 0 Å². The van der Waals surface area contributed by atoms with Gasteiger partial charge in [-0.05, 0) is 21.9 Å². The number of nitrogens with two attached hydrogens (primary N) is 1. The number of amides is 3. The van der Waals surface area contributed by atoms with Crippen molar-refractivity contribution in [3.63, 3.8) is 0 Å². The first kappa shape index (κ1) is 21.0. The predicted molar refractivity (Wildman–Crippen MR) is 117 cm³/mol. The van der Waals surface area contributed by atoms with Gasteiger partial charge in [-0.25, -0.2) is 0 Å². The SMILES string of the molecule is CC(=O)N[C@@H](Cc1ccccc1)C(=O)N[C@@H](Cc1ccc2ccccc2c1)C(N)=O. The zero-order valence-corrected chi connectivity index (χ0v) is 16.8. The normalized spacial score (nSPS) is 12.7. The van der Waals surface area contributed by atoms with Crippen LogP contribution in [0.5, 0.6) is 0 Å². The van der Waals surface area contributed by atoms with E-state index < -0.39 is 23.9 Å². The molecule has 3 aromatic carbocycles. The predicted octanol–water partition coefficient (Wildman–Crippen LogP) is 2.10. The van der Waals surface area contributed by atoms with Crippen molar-refractivity contribution >= 4 is 28.5 Å². The number of benzene rings is 3. The molecule has 6 nitrogen and oxygen atoms in total. The maximum atomic E-state index is 12.9. The van der Waals surface area contributed by atoms with E-state index in [4.69, 9.17) is 5.73 Å². The molecule has 0 aromatic heterocycles. The number of carbonyl (C=O) groups excluding carboxylic acids is 3. The molecule has 0 radical (unpaired) electrons. The van der Waals surface area contributed by atoms with Gasteiger partial charge in [0.05, 0.1) is 0 Å². The first-order valence-electron chi connectivity index (χ1n) is 9.81. The van der Waals surface area contributed by atoms with Crippen LogP contribution in [-0.4, -0.2) is 29.8 Å². The smallest absolute Gasteiger partial charge is 0.243 e. The van der Waals surface area contributed by atoms with Crippen molar-refractivity contribution in [2.24, 2.45) is 5.73 Å². The lowest BCUT2D eigenvalue weighted by Gasteiger charge is -2.22. The molecular formula is C24H25N3O3. The molecule has 0 fully saturated rings. The Morgan fingerprint density at radius 3 is 2.07 bits per heavy atom. The lowest BCUT2D eigenvalue weighted by molar-refractivity contribution is -0.130. The van der Waals surface area contributed by atoms with E-state index in [1.807, 2.05) is 72.8 Å². The monoisotopic (exact) mass is 403 g/mol. The van der Waals surface area contributed by atoms with E-state index >= 15 is 0 Å². The van der Waals surface area contributed by atoms with Crippen LogP contribution in [0.4, 0.5) is 0 Å². The second-order valence-corrected chi connectivity index (χ2v) is 7.29.